The second-order valence-corrected chi connectivity index (χ2v) is 7.32. The van der Waals surface area contributed by atoms with Crippen molar-refractivity contribution in [3.63, 3.8) is 0 Å². The van der Waals surface area contributed by atoms with Crippen LogP contribution in [0.1, 0.15) is 43.2 Å². The number of allylic oxidation sites excluding steroid dienone is 2. The van der Waals surface area contributed by atoms with Gasteiger partial charge in [0.25, 0.3) is 0 Å². The zero-order valence-electron chi connectivity index (χ0n) is 17.1. The van der Waals surface area contributed by atoms with Crippen LogP contribution >= 0.6 is 11.6 Å². The number of benzene rings is 1. The molecule has 0 saturated carbocycles. The van der Waals surface area contributed by atoms with Crippen LogP contribution in [0.4, 0.5) is 13.2 Å². The van der Waals surface area contributed by atoms with Gasteiger partial charge in [0.1, 0.15) is 0 Å². The van der Waals surface area contributed by atoms with Gasteiger partial charge < -0.3 is 9.47 Å². The first-order valence-corrected chi connectivity index (χ1v) is 9.83. The quantitative estimate of drug-likeness (QED) is 0.419. The van der Waals surface area contributed by atoms with Crippen molar-refractivity contribution >= 4 is 29.6 Å². The largest absolute Gasteiger partial charge is 0.469 e. The van der Waals surface area contributed by atoms with Gasteiger partial charge in [0.2, 0.25) is 5.60 Å². The predicted octanol–water partition coefficient (Wildman–Crippen LogP) is 4.83. The standard InChI is InChI=1S/C21H23ClF3NO5/c1-29-18(27)13-20(19(28)30-2)12-16(26-31-20)8-6-4-3-5-7-14-9-10-15(22)11-17(14)21(23,24)25/h5,7,9-12,26H,3-4,6,8,13H2,1-2H3. The molecule has 0 aromatic heterocycles. The van der Waals surface area contributed by atoms with E-state index in [1.165, 1.54) is 38.5 Å². The highest BCUT2D eigenvalue weighted by Crippen LogP contribution is 2.34. The molecule has 1 aliphatic heterocycles. The summed E-state index contributed by atoms with van der Waals surface area (Å²) in [4.78, 5) is 29.0. The number of unbranched alkanes of at least 4 members (excludes halogenated alkanes) is 2. The maximum atomic E-state index is 13.1. The number of hydrogen-bond donors (Lipinski definition) is 1. The summed E-state index contributed by atoms with van der Waals surface area (Å²) in [5.41, 5.74) is 0.931. The average Bonchev–Trinajstić information content (AvgIpc) is 3.13. The van der Waals surface area contributed by atoms with Gasteiger partial charge in [-0.25, -0.2) is 4.79 Å². The van der Waals surface area contributed by atoms with Gasteiger partial charge in [-0.3, -0.25) is 15.1 Å². The summed E-state index contributed by atoms with van der Waals surface area (Å²) in [6.45, 7) is 0. The zero-order valence-corrected chi connectivity index (χ0v) is 17.8. The average molecular weight is 462 g/mol. The second kappa shape index (κ2) is 10.7. The summed E-state index contributed by atoms with van der Waals surface area (Å²) in [7, 11) is 2.39. The molecule has 1 aliphatic rings. The molecule has 170 valence electrons. The number of halogens is 4. The maximum absolute atomic E-state index is 13.1. The van der Waals surface area contributed by atoms with Crippen molar-refractivity contribution in [2.24, 2.45) is 0 Å². The third-order valence-corrected chi connectivity index (χ3v) is 4.86. The van der Waals surface area contributed by atoms with Crippen LogP contribution in [0.25, 0.3) is 6.08 Å². The lowest BCUT2D eigenvalue weighted by atomic mass is 9.98. The monoisotopic (exact) mass is 461 g/mol. The maximum Gasteiger partial charge on any atom is 0.417 e. The van der Waals surface area contributed by atoms with Gasteiger partial charge in [-0.15, -0.1) is 0 Å². The molecule has 1 aromatic carbocycles. The molecule has 0 aliphatic carbocycles. The Balaban J connectivity index is 1.90. The van der Waals surface area contributed by atoms with Gasteiger partial charge in [-0.2, -0.15) is 13.2 Å². The van der Waals surface area contributed by atoms with E-state index in [-0.39, 0.29) is 17.0 Å². The normalized spacial score (nSPS) is 18.6. The Morgan fingerprint density at radius 2 is 1.97 bits per heavy atom. The lowest BCUT2D eigenvalue weighted by molar-refractivity contribution is -0.173. The molecule has 1 unspecified atom stereocenters. The van der Waals surface area contributed by atoms with E-state index >= 15 is 0 Å². The minimum Gasteiger partial charge on any atom is -0.469 e. The van der Waals surface area contributed by atoms with E-state index in [1.807, 2.05) is 0 Å². The van der Waals surface area contributed by atoms with E-state index in [1.54, 1.807) is 6.08 Å². The SMILES string of the molecule is COC(=O)CC1(C(=O)OC)C=C(CCCCC=Cc2ccc(Cl)cc2C(F)(F)F)NO1. The van der Waals surface area contributed by atoms with Crippen molar-refractivity contribution < 1.29 is 37.1 Å². The molecule has 0 radical (unpaired) electrons. The van der Waals surface area contributed by atoms with Crippen LogP contribution < -0.4 is 5.48 Å². The van der Waals surface area contributed by atoms with E-state index in [4.69, 9.17) is 21.2 Å². The van der Waals surface area contributed by atoms with Crippen LogP contribution in [0.3, 0.4) is 0 Å². The molecule has 31 heavy (non-hydrogen) atoms. The minimum absolute atomic E-state index is 0.0271. The first-order chi connectivity index (χ1) is 14.6. The molecular formula is C21H23ClF3NO5. The topological polar surface area (TPSA) is 73.9 Å². The molecule has 10 heteroatoms. The van der Waals surface area contributed by atoms with Crippen molar-refractivity contribution in [3.8, 4) is 0 Å². The van der Waals surface area contributed by atoms with Crippen LogP contribution in [0.2, 0.25) is 5.02 Å². The number of esters is 2. The fourth-order valence-electron chi connectivity index (χ4n) is 3.05. The van der Waals surface area contributed by atoms with E-state index < -0.39 is 29.3 Å². The number of carbonyl (C=O) groups is 2. The molecule has 0 saturated heterocycles. The summed E-state index contributed by atoms with van der Waals surface area (Å²) >= 11 is 5.67. The molecule has 0 fully saturated rings. The van der Waals surface area contributed by atoms with Gasteiger partial charge >= 0.3 is 18.1 Å². The number of carbonyl (C=O) groups excluding carboxylic acids is 2. The van der Waals surface area contributed by atoms with Crippen LogP contribution in [-0.4, -0.2) is 31.8 Å². The van der Waals surface area contributed by atoms with Crippen molar-refractivity contribution in [2.75, 3.05) is 14.2 Å². The summed E-state index contributed by atoms with van der Waals surface area (Å²) in [5, 5.41) is 0.0271. The first-order valence-electron chi connectivity index (χ1n) is 9.45. The third-order valence-electron chi connectivity index (χ3n) is 4.62. The Morgan fingerprint density at radius 3 is 2.61 bits per heavy atom. The molecule has 6 nitrogen and oxygen atoms in total. The summed E-state index contributed by atoms with van der Waals surface area (Å²) in [6, 6.07) is 3.65. The van der Waals surface area contributed by atoms with Gasteiger partial charge in [-0.05, 0) is 49.5 Å². The van der Waals surface area contributed by atoms with Crippen LogP contribution in [0.5, 0.6) is 0 Å². The van der Waals surface area contributed by atoms with Crippen molar-refractivity contribution in [3.05, 3.63) is 52.2 Å². The Kier molecular flexibility index (Phi) is 8.52. The molecule has 1 atom stereocenters. The smallest absolute Gasteiger partial charge is 0.417 e. The van der Waals surface area contributed by atoms with Gasteiger partial charge in [0.15, 0.2) is 0 Å². The lowest BCUT2D eigenvalue weighted by Gasteiger charge is -2.20. The minimum atomic E-state index is -4.48. The highest BCUT2D eigenvalue weighted by atomic mass is 35.5. The highest BCUT2D eigenvalue weighted by molar-refractivity contribution is 6.30. The molecule has 1 aromatic rings. The predicted molar refractivity (Wildman–Crippen MR) is 108 cm³/mol. The summed E-state index contributed by atoms with van der Waals surface area (Å²) in [6.07, 6.45) is 2.20. The Bertz CT molecular complexity index is 869. The molecule has 1 heterocycles. The number of ether oxygens (including phenoxy) is 2. The lowest BCUT2D eigenvalue weighted by Crippen LogP contribution is -2.42. The number of hydroxylamine groups is 1. The van der Waals surface area contributed by atoms with Crippen molar-refractivity contribution in [1.29, 1.82) is 0 Å². The van der Waals surface area contributed by atoms with Gasteiger partial charge in [0.05, 0.1) is 26.2 Å². The molecular weight excluding hydrogens is 439 g/mol. The summed E-state index contributed by atoms with van der Waals surface area (Å²) in [5.74, 6) is -1.36. The molecule has 1 N–H and O–H groups in total. The van der Waals surface area contributed by atoms with Crippen molar-refractivity contribution in [2.45, 2.75) is 43.9 Å². The number of methoxy groups -OCH3 is 2. The number of nitrogens with one attached hydrogen (secondary N) is 1. The Labute approximate surface area is 182 Å². The van der Waals surface area contributed by atoms with Crippen LogP contribution in [0.15, 0.2) is 36.0 Å². The number of rotatable bonds is 9. The van der Waals surface area contributed by atoms with Gasteiger partial charge in [0, 0.05) is 10.7 Å². The van der Waals surface area contributed by atoms with E-state index in [9.17, 15) is 22.8 Å². The van der Waals surface area contributed by atoms with Crippen LogP contribution in [0, 0.1) is 0 Å². The Hall–Kier alpha value is -2.52. The zero-order chi connectivity index (χ0) is 23.1. The van der Waals surface area contributed by atoms with E-state index in [0.29, 0.717) is 31.4 Å². The number of alkyl halides is 3. The molecule has 0 amide bonds. The molecule has 0 bridgehead atoms. The fourth-order valence-corrected chi connectivity index (χ4v) is 3.22. The molecule has 0 spiro atoms. The fraction of sp³-hybridized carbons (Fsp3) is 0.429. The van der Waals surface area contributed by atoms with Crippen LogP contribution in [-0.2, 0) is 30.1 Å². The number of hydrogen-bond acceptors (Lipinski definition) is 6. The van der Waals surface area contributed by atoms with E-state index in [0.717, 1.165) is 6.07 Å². The summed E-state index contributed by atoms with van der Waals surface area (Å²) < 4.78 is 48.6. The first kappa shape index (κ1) is 24.7. The Morgan fingerprint density at radius 1 is 1.23 bits per heavy atom. The van der Waals surface area contributed by atoms with Crippen molar-refractivity contribution in [1.82, 2.24) is 5.48 Å². The third kappa shape index (κ3) is 6.73. The molecule has 2 rings (SSSR count). The second-order valence-electron chi connectivity index (χ2n) is 6.89. The highest BCUT2D eigenvalue weighted by Gasteiger charge is 2.46. The van der Waals surface area contributed by atoms with E-state index in [2.05, 4.69) is 10.2 Å². The van der Waals surface area contributed by atoms with Gasteiger partial charge in [-0.1, -0.05) is 29.8 Å².